The van der Waals surface area contributed by atoms with Crippen molar-refractivity contribution in [2.24, 2.45) is 0 Å². The lowest BCUT2D eigenvalue weighted by Crippen LogP contribution is -2.20. The average molecular weight is 274 g/mol. The molecule has 1 rings (SSSR count). The van der Waals surface area contributed by atoms with E-state index in [0.717, 1.165) is 22.6 Å². The summed E-state index contributed by atoms with van der Waals surface area (Å²) in [5.41, 5.74) is 0.177. The minimum absolute atomic E-state index is 0.816. The molecule has 0 amide bonds. The van der Waals surface area contributed by atoms with Crippen LogP contribution in [0.25, 0.3) is 0 Å². The molecule has 0 unspecified atom stereocenters. The van der Waals surface area contributed by atoms with E-state index in [1.165, 1.54) is 6.42 Å². The summed E-state index contributed by atoms with van der Waals surface area (Å²) < 4.78 is 0. The van der Waals surface area contributed by atoms with Crippen molar-refractivity contribution in [1.82, 2.24) is 0 Å². The van der Waals surface area contributed by atoms with E-state index < -0.39 is 5.60 Å². The van der Waals surface area contributed by atoms with Gasteiger partial charge in [0.1, 0.15) is 0 Å². The normalized spacial score (nSPS) is 11.9. The summed E-state index contributed by atoms with van der Waals surface area (Å²) in [6, 6.07) is 9.88. The standard InChI is InChI=1S/C17H22OS/c1-4-5-14-19-16(17(2,3)18)13-9-12-15-10-7-6-8-11-15/h6-8,10-11,13,18H,4-5,14H2,1-3H3/b16-13-. The van der Waals surface area contributed by atoms with Crippen LogP contribution in [0.15, 0.2) is 41.3 Å². The first-order valence-electron chi connectivity index (χ1n) is 6.66. The molecule has 0 fully saturated rings. The van der Waals surface area contributed by atoms with Crippen molar-refractivity contribution in [2.75, 3.05) is 5.75 Å². The van der Waals surface area contributed by atoms with E-state index in [9.17, 15) is 5.11 Å². The van der Waals surface area contributed by atoms with Crippen molar-refractivity contribution >= 4 is 11.8 Å². The summed E-state index contributed by atoms with van der Waals surface area (Å²) in [4.78, 5) is 0.935. The topological polar surface area (TPSA) is 20.2 Å². The Hall–Kier alpha value is -1.17. The highest BCUT2D eigenvalue weighted by Crippen LogP contribution is 2.28. The average Bonchev–Trinajstić information content (AvgIpc) is 2.37. The van der Waals surface area contributed by atoms with Gasteiger partial charge in [-0.25, -0.2) is 0 Å². The Morgan fingerprint density at radius 1 is 1.32 bits per heavy atom. The first kappa shape index (κ1) is 15.9. The molecule has 0 atom stereocenters. The molecule has 0 aromatic heterocycles. The molecule has 0 radical (unpaired) electrons. The zero-order valence-corrected chi connectivity index (χ0v) is 12.8. The van der Waals surface area contributed by atoms with E-state index >= 15 is 0 Å². The van der Waals surface area contributed by atoms with Crippen LogP contribution in [0.4, 0.5) is 0 Å². The third kappa shape index (κ3) is 6.52. The number of rotatable bonds is 5. The van der Waals surface area contributed by atoms with Crippen molar-refractivity contribution in [3.63, 3.8) is 0 Å². The van der Waals surface area contributed by atoms with Crippen molar-refractivity contribution in [3.8, 4) is 11.8 Å². The van der Waals surface area contributed by atoms with E-state index in [-0.39, 0.29) is 0 Å². The third-order valence-corrected chi connectivity index (χ3v) is 3.97. The fourth-order valence-electron chi connectivity index (χ4n) is 1.43. The van der Waals surface area contributed by atoms with Gasteiger partial charge in [-0.15, -0.1) is 11.8 Å². The molecule has 0 aliphatic carbocycles. The molecule has 1 aromatic rings. The number of hydrogen-bond acceptors (Lipinski definition) is 2. The van der Waals surface area contributed by atoms with E-state index in [0.29, 0.717) is 0 Å². The van der Waals surface area contributed by atoms with Crippen LogP contribution in [0, 0.1) is 11.8 Å². The van der Waals surface area contributed by atoms with Crippen molar-refractivity contribution in [3.05, 3.63) is 46.9 Å². The van der Waals surface area contributed by atoms with E-state index in [1.54, 1.807) is 11.8 Å². The molecule has 1 nitrogen and oxygen atoms in total. The Kier molecular flexibility index (Phi) is 6.77. The van der Waals surface area contributed by atoms with Crippen LogP contribution in [-0.4, -0.2) is 16.5 Å². The zero-order valence-electron chi connectivity index (χ0n) is 11.9. The molecular weight excluding hydrogens is 252 g/mol. The monoisotopic (exact) mass is 274 g/mol. The second kappa shape index (κ2) is 8.09. The predicted octanol–water partition coefficient (Wildman–Crippen LogP) is 4.23. The van der Waals surface area contributed by atoms with Gasteiger partial charge in [-0.3, -0.25) is 0 Å². The minimum atomic E-state index is -0.816. The number of unbranched alkanes of at least 4 members (excludes halogenated alkanes) is 1. The molecule has 19 heavy (non-hydrogen) atoms. The second-order valence-electron chi connectivity index (χ2n) is 4.90. The number of aliphatic hydroxyl groups is 1. The molecule has 0 aliphatic rings. The Balaban J connectivity index is 2.75. The predicted molar refractivity (Wildman–Crippen MR) is 85.1 cm³/mol. The van der Waals surface area contributed by atoms with Crippen molar-refractivity contribution in [1.29, 1.82) is 0 Å². The maximum atomic E-state index is 10.1. The Bertz CT molecular complexity index is 458. The lowest BCUT2D eigenvalue weighted by atomic mass is 10.1. The van der Waals surface area contributed by atoms with Gasteiger partial charge in [0.15, 0.2) is 0 Å². The van der Waals surface area contributed by atoms with Gasteiger partial charge < -0.3 is 5.11 Å². The van der Waals surface area contributed by atoms with Crippen molar-refractivity contribution < 1.29 is 5.11 Å². The Labute approximate surface area is 121 Å². The van der Waals surface area contributed by atoms with Crippen LogP contribution in [-0.2, 0) is 0 Å². The molecule has 0 aliphatic heterocycles. The summed E-state index contributed by atoms with van der Waals surface area (Å²) >= 11 is 1.70. The highest BCUT2D eigenvalue weighted by molar-refractivity contribution is 8.03. The first-order chi connectivity index (χ1) is 9.04. The molecule has 1 aromatic carbocycles. The van der Waals surface area contributed by atoms with Crippen LogP contribution in [0.2, 0.25) is 0 Å². The zero-order chi connectivity index (χ0) is 14.1. The summed E-state index contributed by atoms with van der Waals surface area (Å²) in [6.07, 6.45) is 4.17. The van der Waals surface area contributed by atoms with Crippen LogP contribution in [0.3, 0.4) is 0 Å². The molecule has 0 saturated heterocycles. The first-order valence-corrected chi connectivity index (χ1v) is 7.65. The number of thioether (sulfide) groups is 1. The van der Waals surface area contributed by atoms with E-state index in [2.05, 4.69) is 18.8 Å². The van der Waals surface area contributed by atoms with Gasteiger partial charge in [-0.2, -0.15) is 0 Å². The highest BCUT2D eigenvalue weighted by Gasteiger charge is 2.18. The number of benzene rings is 1. The van der Waals surface area contributed by atoms with Gasteiger partial charge in [0, 0.05) is 16.5 Å². The van der Waals surface area contributed by atoms with E-state index in [1.807, 2.05) is 50.3 Å². The fraction of sp³-hybridized carbons (Fsp3) is 0.412. The van der Waals surface area contributed by atoms with E-state index in [4.69, 9.17) is 0 Å². The molecule has 102 valence electrons. The summed E-state index contributed by atoms with van der Waals surface area (Å²) in [7, 11) is 0. The SMILES string of the molecule is CCCCS/C(=C\C#Cc1ccccc1)C(C)(C)O. The molecule has 1 N–H and O–H groups in total. The Morgan fingerprint density at radius 2 is 2.00 bits per heavy atom. The van der Waals surface area contributed by atoms with Gasteiger partial charge >= 0.3 is 0 Å². The molecule has 2 heteroatoms. The van der Waals surface area contributed by atoms with Crippen LogP contribution in [0.1, 0.15) is 39.2 Å². The fourth-order valence-corrected chi connectivity index (χ4v) is 2.58. The van der Waals surface area contributed by atoms with Gasteiger partial charge in [0.2, 0.25) is 0 Å². The second-order valence-corrected chi connectivity index (χ2v) is 6.04. The summed E-state index contributed by atoms with van der Waals surface area (Å²) in [5, 5.41) is 10.1. The summed E-state index contributed by atoms with van der Waals surface area (Å²) in [6.45, 7) is 5.78. The van der Waals surface area contributed by atoms with Crippen LogP contribution >= 0.6 is 11.8 Å². The van der Waals surface area contributed by atoms with Crippen LogP contribution < -0.4 is 0 Å². The molecule has 0 spiro atoms. The molecular formula is C17H22OS. The Morgan fingerprint density at radius 3 is 2.58 bits per heavy atom. The molecule has 0 saturated carbocycles. The lowest BCUT2D eigenvalue weighted by molar-refractivity contribution is 0.129. The quantitative estimate of drug-likeness (QED) is 0.640. The minimum Gasteiger partial charge on any atom is -0.385 e. The van der Waals surface area contributed by atoms with Gasteiger partial charge in [0.25, 0.3) is 0 Å². The van der Waals surface area contributed by atoms with Gasteiger partial charge in [-0.1, -0.05) is 43.4 Å². The number of hydrogen-bond donors (Lipinski definition) is 1. The smallest absolute Gasteiger partial charge is 0.0904 e. The maximum absolute atomic E-state index is 10.1. The van der Waals surface area contributed by atoms with Crippen molar-refractivity contribution in [2.45, 2.75) is 39.2 Å². The number of allylic oxidation sites excluding steroid dienone is 1. The molecule has 0 bridgehead atoms. The van der Waals surface area contributed by atoms with Crippen LogP contribution in [0.5, 0.6) is 0 Å². The van der Waals surface area contributed by atoms with Gasteiger partial charge in [0.05, 0.1) is 5.60 Å². The highest BCUT2D eigenvalue weighted by atomic mass is 32.2. The third-order valence-electron chi connectivity index (χ3n) is 2.55. The maximum Gasteiger partial charge on any atom is 0.0904 e. The summed E-state index contributed by atoms with van der Waals surface area (Å²) in [5.74, 6) is 7.16. The molecule has 0 heterocycles. The van der Waals surface area contributed by atoms with Gasteiger partial charge in [-0.05, 0) is 38.2 Å². The largest absolute Gasteiger partial charge is 0.385 e. The lowest BCUT2D eigenvalue weighted by Gasteiger charge is -2.20.